The van der Waals surface area contributed by atoms with E-state index in [9.17, 15) is 48.3 Å². The van der Waals surface area contributed by atoms with Crippen LogP contribution < -0.4 is 21.3 Å². The van der Waals surface area contributed by atoms with Crippen molar-refractivity contribution in [2.45, 2.75) is 124 Å². The molecular formula is C55H85N7O16S. The lowest BCUT2D eigenvalue weighted by Gasteiger charge is -2.38. The van der Waals surface area contributed by atoms with Gasteiger partial charge in [0, 0.05) is 70.1 Å². The van der Waals surface area contributed by atoms with Crippen LogP contribution in [0.4, 0.5) is 0 Å². The molecule has 7 atom stereocenters. The summed E-state index contributed by atoms with van der Waals surface area (Å²) in [6.07, 6.45) is 2.31. The summed E-state index contributed by atoms with van der Waals surface area (Å²) in [5.41, 5.74) is 0.987. The second-order valence-corrected chi connectivity index (χ2v) is 20.7. The quantitative estimate of drug-likeness (QED) is 0.0314. The van der Waals surface area contributed by atoms with Crippen molar-refractivity contribution >= 4 is 64.7 Å². The second-order valence-electron chi connectivity index (χ2n) is 19.8. The largest absolute Gasteiger partial charge is 0.481 e. The number of likely N-dealkylation sites (N-methyl/N-ethyl adjacent to an activating group) is 2. The van der Waals surface area contributed by atoms with Crippen LogP contribution in [0.5, 0.6) is 0 Å². The maximum absolute atomic E-state index is 14.6. The molecule has 1 unspecified atom stereocenters. The van der Waals surface area contributed by atoms with E-state index in [0.717, 1.165) is 29.1 Å². The SMILES string of the molecule is CC[C@H](C)[C@H](NC(=O)[C@H](C(C)C)N(C)C(=O)CCOCCOCCNC(=O)/C=C\C(=O)NCCOCCOCCC(=O)O)C(=O)N(C)[C@H](C[C@@H](OC(C)=O)c1nc(C(=O)N[C@@H](Cc2ccccc2)CC(C)C(=O)O)cs1)C(C)C. The molecule has 0 aliphatic heterocycles. The Morgan fingerprint density at radius 2 is 1.27 bits per heavy atom. The number of carboxylic acid groups (broad SMARTS) is 2. The van der Waals surface area contributed by atoms with Gasteiger partial charge in [-0.1, -0.05) is 85.2 Å². The van der Waals surface area contributed by atoms with E-state index in [2.05, 4.69) is 26.3 Å². The Labute approximate surface area is 468 Å². The Morgan fingerprint density at radius 3 is 1.77 bits per heavy atom. The molecule has 79 heavy (non-hydrogen) atoms. The summed E-state index contributed by atoms with van der Waals surface area (Å²) in [6.45, 7) is 15.7. The van der Waals surface area contributed by atoms with Gasteiger partial charge in [-0.2, -0.15) is 0 Å². The molecule has 442 valence electrons. The van der Waals surface area contributed by atoms with Gasteiger partial charge in [0.2, 0.25) is 29.5 Å². The van der Waals surface area contributed by atoms with Crippen molar-refractivity contribution < 1.29 is 77.0 Å². The lowest BCUT2D eigenvalue weighted by atomic mass is 9.92. The molecule has 1 aromatic heterocycles. The highest BCUT2D eigenvalue weighted by atomic mass is 32.1. The van der Waals surface area contributed by atoms with E-state index in [1.807, 2.05) is 58.0 Å². The van der Waals surface area contributed by atoms with Crippen molar-refractivity contribution in [1.29, 1.82) is 0 Å². The predicted molar refractivity (Wildman–Crippen MR) is 294 cm³/mol. The van der Waals surface area contributed by atoms with Crippen LogP contribution in [-0.4, -0.2) is 183 Å². The van der Waals surface area contributed by atoms with Gasteiger partial charge in [0.25, 0.3) is 5.91 Å². The predicted octanol–water partition coefficient (Wildman–Crippen LogP) is 3.81. The van der Waals surface area contributed by atoms with Crippen molar-refractivity contribution in [2.75, 3.05) is 80.0 Å². The molecule has 0 bridgehead atoms. The number of thiazole rings is 1. The third kappa shape index (κ3) is 26.9. The molecule has 2 rings (SSSR count). The van der Waals surface area contributed by atoms with E-state index < -0.39 is 77.7 Å². The van der Waals surface area contributed by atoms with Gasteiger partial charge in [-0.3, -0.25) is 43.2 Å². The number of carbonyl (C=O) groups excluding carboxylic acids is 7. The average Bonchev–Trinajstić information content (AvgIpc) is 3.90. The minimum Gasteiger partial charge on any atom is -0.481 e. The normalized spacial score (nSPS) is 14.1. The van der Waals surface area contributed by atoms with Crippen LogP contribution in [0.15, 0.2) is 47.9 Å². The van der Waals surface area contributed by atoms with Crippen LogP contribution in [0.3, 0.4) is 0 Å². The summed E-state index contributed by atoms with van der Waals surface area (Å²) in [7, 11) is 3.16. The van der Waals surface area contributed by atoms with Gasteiger partial charge in [-0.05, 0) is 36.2 Å². The number of carbonyl (C=O) groups is 9. The minimum absolute atomic E-state index is 0.0384. The summed E-state index contributed by atoms with van der Waals surface area (Å²) in [4.78, 5) is 122. The Hall–Kier alpha value is -6.34. The van der Waals surface area contributed by atoms with Crippen LogP contribution in [0, 0.1) is 23.7 Å². The summed E-state index contributed by atoms with van der Waals surface area (Å²) >= 11 is 1.12. The number of carboxylic acids is 2. The van der Waals surface area contributed by atoms with Crippen LogP contribution in [-0.2, 0) is 68.5 Å². The van der Waals surface area contributed by atoms with Gasteiger partial charge in [0.1, 0.15) is 22.8 Å². The first-order chi connectivity index (χ1) is 37.5. The van der Waals surface area contributed by atoms with Gasteiger partial charge in [0.15, 0.2) is 6.10 Å². The van der Waals surface area contributed by atoms with Gasteiger partial charge >= 0.3 is 17.9 Å². The third-order valence-electron chi connectivity index (χ3n) is 12.8. The number of aromatic nitrogens is 1. The number of benzene rings is 1. The van der Waals surface area contributed by atoms with Gasteiger partial charge < -0.3 is 65.0 Å². The number of hydrogen-bond acceptors (Lipinski definition) is 16. The van der Waals surface area contributed by atoms with Crippen LogP contribution in [0.25, 0.3) is 0 Å². The maximum atomic E-state index is 14.6. The van der Waals surface area contributed by atoms with Crippen molar-refractivity contribution in [1.82, 2.24) is 36.1 Å². The highest BCUT2D eigenvalue weighted by Gasteiger charge is 2.38. The highest BCUT2D eigenvalue weighted by molar-refractivity contribution is 7.09. The van der Waals surface area contributed by atoms with Crippen LogP contribution >= 0.6 is 11.3 Å². The first-order valence-corrected chi connectivity index (χ1v) is 27.6. The molecular weight excluding hydrogens is 1050 g/mol. The second kappa shape index (κ2) is 37.5. The molecule has 0 saturated heterocycles. The number of rotatable bonds is 40. The monoisotopic (exact) mass is 1130 g/mol. The first kappa shape index (κ1) is 68.8. The van der Waals surface area contributed by atoms with Crippen molar-refractivity contribution in [3.63, 3.8) is 0 Å². The lowest BCUT2D eigenvalue weighted by Crippen LogP contribution is -2.59. The van der Waals surface area contributed by atoms with E-state index in [4.69, 9.17) is 28.8 Å². The molecule has 0 radical (unpaired) electrons. The summed E-state index contributed by atoms with van der Waals surface area (Å²) in [6, 6.07) is 6.41. The van der Waals surface area contributed by atoms with Gasteiger partial charge in [-0.15, -0.1) is 11.3 Å². The summed E-state index contributed by atoms with van der Waals surface area (Å²) in [5.74, 6) is -6.85. The smallest absolute Gasteiger partial charge is 0.306 e. The number of ether oxygens (including phenoxy) is 5. The zero-order valence-electron chi connectivity index (χ0n) is 47.5. The summed E-state index contributed by atoms with van der Waals surface area (Å²) < 4.78 is 27.3. The van der Waals surface area contributed by atoms with E-state index in [1.54, 1.807) is 38.1 Å². The first-order valence-electron chi connectivity index (χ1n) is 26.8. The van der Waals surface area contributed by atoms with Crippen molar-refractivity contribution in [3.05, 3.63) is 64.1 Å². The van der Waals surface area contributed by atoms with Crippen LogP contribution in [0.2, 0.25) is 0 Å². The summed E-state index contributed by atoms with van der Waals surface area (Å²) in [5, 5.41) is 31.1. The molecule has 0 aliphatic carbocycles. The number of hydrogen-bond donors (Lipinski definition) is 6. The third-order valence-corrected chi connectivity index (χ3v) is 13.7. The van der Waals surface area contributed by atoms with Crippen LogP contribution in [0.1, 0.15) is 115 Å². The number of nitrogens with one attached hydrogen (secondary N) is 4. The fourth-order valence-corrected chi connectivity index (χ4v) is 9.04. The molecule has 2 aromatic rings. The number of nitrogens with zero attached hydrogens (tertiary/aromatic N) is 3. The van der Waals surface area contributed by atoms with Crippen molar-refractivity contribution in [3.8, 4) is 0 Å². The standard InChI is InChI=1S/C55H85N7O16S/c1-11-37(6)49(54(71)61(9)43(35(2)3)33-44(78-39(8)63)53-59-42(34-79-53)51(69)58-41(31-38(7)55(72)73)32-40-15-13-12-14-16-40)60-52(70)50(36(4)5)62(10)47(66)19-23-74-27-29-76-25-21-56-45(64)17-18-46(65)57-22-26-77-30-28-75-24-20-48(67)68/h12-18,34-38,41,43-44,49-50H,11,19-33H2,1-10H3,(H,56,64)(H,57,65)(H,58,69)(H,60,70)(H,67,68)(H,72,73)/b18-17-/t37-,38?,41+,43+,44+,49-,50-/m0/s1. The van der Waals surface area contributed by atoms with E-state index >= 15 is 0 Å². The van der Waals surface area contributed by atoms with Gasteiger partial charge in [0.05, 0.1) is 71.6 Å². The molecule has 0 saturated carbocycles. The molecule has 0 aliphatic rings. The molecule has 24 heteroatoms. The Bertz CT molecular complexity index is 2260. The Morgan fingerprint density at radius 1 is 0.709 bits per heavy atom. The fraction of sp³-hybridized carbons (Fsp3) is 0.636. The number of amides is 6. The molecule has 6 amide bonds. The average molecular weight is 1130 g/mol. The molecule has 1 heterocycles. The zero-order valence-corrected chi connectivity index (χ0v) is 48.3. The van der Waals surface area contributed by atoms with Crippen molar-refractivity contribution in [2.24, 2.45) is 23.7 Å². The Kier molecular flexibility index (Phi) is 32.7. The molecule has 0 fully saturated rings. The van der Waals surface area contributed by atoms with E-state index in [-0.39, 0.29) is 127 Å². The number of esters is 1. The Balaban J connectivity index is 1.96. The maximum Gasteiger partial charge on any atom is 0.306 e. The minimum atomic E-state index is -0.988. The van der Waals surface area contributed by atoms with Gasteiger partial charge in [-0.25, -0.2) is 4.98 Å². The highest BCUT2D eigenvalue weighted by Crippen LogP contribution is 2.31. The molecule has 6 N–H and O–H groups in total. The van der Waals surface area contributed by atoms with E-state index in [1.165, 1.54) is 18.9 Å². The lowest BCUT2D eigenvalue weighted by molar-refractivity contribution is -0.149. The fourth-order valence-electron chi connectivity index (χ4n) is 8.20. The molecule has 1 aromatic carbocycles. The zero-order chi connectivity index (χ0) is 59.0. The van der Waals surface area contributed by atoms with E-state index in [0.29, 0.717) is 17.8 Å². The topological polar surface area (TPSA) is 308 Å². The molecule has 23 nitrogen and oxygen atoms in total. The number of aliphatic carboxylic acids is 2. The molecule has 0 spiro atoms.